The first kappa shape index (κ1) is 25.6. The van der Waals surface area contributed by atoms with Crippen molar-refractivity contribution < 1.29 is 4.42 Å². The molecule has 1 aliphatic rings. The molecule has 7 aromatic carbocycles. The second-order valence-corrected chi connectivity index (χ2v) is 11.7. The van der Waals surface area contributed by atoms with E-state index in [9.17, 15) is 0 Å². The predicted octanol–water partition coefficient (Wildman–Crippen LogP) is 11.4. The molecule has 0 fully saturated rings. The highest BCUT2D eigenvalue weighted by atomic mass is 16.3. The minimum atomic E-state index is -0.454. The first-order chi connectivity index (χ1) is 22.3. The average molecular weight is 576 g/mol. The highest BCUT2D eigenvalue weighted by Gasteiger charge is 2.46. The molecule has 212 valence electrons. The normalized spacial score (nSPS) is 13.1. The zero-order chi connectivity index (χ0) is 29.8. The van der Waals surface area contributed by atoms with Gasteiger partial charge in [0.25, 0.3) is 0 Å². The van der Waals surface area contributed by atoms with Crippen LogP contribution < -0.4 is 4.90 Å². The summed E-state index contributed by atoms with van der Waals surface area (Å²) in [7, 11) is 0. The molecule has 0 amide bonds. The van der Waals surface area contributed by atoms with Gasteiger partial charge in [0, 0.05) is 27.8 Å². The molecule has 2 heteroatoms. The lowest BCUT2D eigenvalue weighted by atomic mass is 9.67. The number of furan rings is 1. The van der Waals surface area contributed by atoms with Crippen molar-refractivity contribution in [1.29, 1.82) is 0 Å². The molecule has 1 aliphatic carbocycles. The van der Waals surface area contributed by atoms with E-state index >= 15 is 0 Å². The maximum absolute atomic E-state index is 6.48. The van der Waals surface area contributed by atoms with Crippen LogP contribution in [0.1, 0.15) is 22.3 Å². The van der Waals surface area contributed by atoms with Gasteiger partial charge in [-0.05, 0) is 88.0 Å². The summed E-state index contributed by atoms with van der Waals surface area (Å²) in [5, 5.41) is 2.21. The topological polar surface area (TPSA) is 16.4 Å². The van der Waals surface area contributed by atoms with E-state index in [1.165, 1.54) is 33.4 Å². The van der Waals surface area contributed by atoms with Crippen LogP contribution in [0.25, 0.3) is 33.1 Å². The van der Waals surface area contributed by atoms with E-state index in [-0.39, 0.29) is 0 Å². The summed E-state index contributed by atoms with van der Waals surface area (Å²) in [6, 6.07) is 63.1. The van der Waals surface area contributed by atoms with Gasteiger partial charge in [0.05, 0.1) is 5.41 Å². The first-order valence-corrected chi connectivity index (χ1v) is 15.4. The highest BCUT2D eigenvalue weighted by Crippen LogP contribution is 2.56. The van der Waals surface area contributed by atoms with Crippen LogP contribution in [0, 0.1) is 0 Å². The summed E-state index contributed by atoms with van der Waals surface area (Å²) in [5.41, 5.74) is 12.3. The smallest absolute Gasteiger partial charge is 0.135 e. The Morgan fingerprint density at radius 1 is 0.378 bits per heavy atom. The van der Waals surface area contributed by atoms with Gasteiger partial charge in [0.15, 0.2) is 0 Å². The summed E-state index contributed by atoms with van der Waals surface area (Å²) in [6.45, 7) is 0. The number of fused-ring (bicyclic) bond motifs is 6. The SMILES string of the molecule is c1ccc(N(c2ccccc2)c2ccc3oc4ccc(C5(c6ccccc6)c6ccccc6-c6ccccc65)cc4c3c2)cc1. The Labute approximate surface area is 262 Å². The lowest BCUT2D eigenvalue weighted by molar-refractivity contribution is 0.668. The number of hydrogen-bond acceptors (Lipinski definition) is 2. The Kier molecular flexibility index (Phi) is 5.76. The minimum absolute atomic E-state index is 0.454. The lowest BCUT2D eigenvalue weighted by Gasteiger charge is -2.33. The summed E-state index contributed by atoms with van der Waals surface area (Å²) >= 11 is 0. The molecule has 8 aromatic rings. The van der Waals surface area contributed by atoms with Crippen molar-refractivity contribution in [2.45, 2.75) is 5.41 Å². The van der Waals surface area contributed by atoms with Crippen molar-refractivity contribution in [1.82, 2.24) is 0 Å². The standard InChI is InChI=1S/C43H29NO/c1-4-14-30(15-5-1)43(39-22-12-10-20-35(39)36-21-11-13-23-40(36)43)31-24-26-41-37(28-31)38-29-34(25-27-42(38)45-41)44(32-16-6-2-7-17-32)33-18-8-3-9-19-33/h1-29H. The molecule has 0 saturated heterocycles. The molecule has 0 aliphatic heterocycles. The molecule has 1 heterocycles. The van der Waals surface area contributed by atoms with Gasteiger partial charge in [-0.25, -0.2) is 0 Å². The molecular weight excluding hydrogens is 546 g/mol. The molecule has 0 unspecified atom stereocenters. The molecular formula is C43H29NO. The van der Waals surface area contributed by atoms with Gasteiger partial charge in [-0.1, -0.05) is 121 Å². The van der Waals surface area contributed by atoms with Crippen LogP contribution in [0.3, 0.4) is 0 Å². The average Bonchev–Trinajstić information content (AvgIpc) is 3.63. The van der Waals surface area contributed by atoms with Gasteiger partial charge < -0.3 is 9.32 Å². The van der Waals surface area contributed by atoms with E-state index in [1.54, 1.807) is 0 Å². The number of rotatable bonds is 5. The van der Waals surface area contributed by atoms with Crippen LogP contribution in [0.4, 0.5) is 17.1 Å². The number of hydrogen-bond donors (Lipinski definition) is 0. The second-order valence-electron chi connectivity index (χ2n) is 11.7. The van der Waals surface area contributed by atoms with Crippen LogP contribution in [-0.4, -0.2) is 0 Å². The lowest BCUT2D eigenvalue weighted by Crippen LogP contribution is -2.28. The summed E-state index contributed by atoms with van der Waals surface area (Å²) in [6.07, 6.45) is 0. The summed E-state index contributed by atoms with van der Waals surface area (Å²) in [4.78, 5) is 2.30. The van der Waals surface area contributed by atoms with Crippen LogP contribution >= 0.6 is 0 Å². The Balaban J connectivity index is 1.31. The van der Waals surface area contributed by atoms with Crippen molar-refractivity contribution in [2.75, 3.05) is 4.90 Å². The van der Waals surface area contributed by atoms with Gasteiger partial charge in [-0.15, -0.1) is 0 Å². The second kappa shape index (κ2) is 10.1. The highest BCUT2D eigenvalue weighted by molar-refractivity contribution is 6.07. The van der Waals surface area contributed by atoms with Crippen molar-refractivity contribution >= 4 is 39.0 Å². The Bertz CT molecular complexity index is 2240. The van der Waals surface area contributed by atoms with Crippen molar-refractivity contribution in [3.63, 3.8) is 0 Å². The third-order valence-corrected chi connectivity index (χ3v) is 9.33. The van der Waals surface area contributed by atoms with Crippen LogP contribution in [0.5, 0.6) is 0 Å². The molecule has 0 spiro atoms. The van der Waals surface area contributed by atoms with E-state index in [2.05, 4.69) is 181 Å². The van der Waals surface area contributed by atoms with E-state index in [1.807, 2.05) is 0 Å². The van der Waals surface area contributed by atoms with E-state index in [0.29, 0.717) is 0 Å². The van der Waals surface area contributed by atoms with Crippen LogP contribution in [0.15, 0.2) is 180 Å². The van der Waals surface area contributed by atoms with E-state index in [4.69, 9.17) is 4.42 Å². The number of benzene rings is 7. The maximum Gasteiger partial charge on any atom is 0.135 e. The Morgan fingerprint density at radius 3 is 1.47 bits per heavy atom. The van der Waals surface area contributed by atoms with Gasteiger partial charge in [0.1, 0.15) is 11.2 Å². The molecule has 0 bridgehead atoms. The molecule has 0 saturated carbocycles. The third-order valence-electron chi connectivity index (χ3n) is 9.33. The fraction of sp³-hybridized carbons (Fsp3) is 0.0233. The molecule has 2 nitrogen and oxygen atoms in total. The molecule has 45 heavy (non-hydrogen) atoms. The van der Waals surface area contributed by atoms with Crippen LogP contribution in [0.2, 0.25) is 0 Å². The quantitative estimate of drug-likeness (QED) is 0.203. The van der Waals surface area contributed by atoms with Gasteiger partial charge in [-0.2, -0.15) is 0 Å². The molecule has 0 radical (unpaired) electrons. The molecule has 0 atom stereocenters. The number of anilines is 3. The van der Waals surface area contributed by atoms with E-state index < -0.39 is 5.41 Å². The third kappa shape index (κ3) is 3.82. The molecule has 1 aromatic heterocycles. The van der Waals surface area contributed by atoms with Crippen LogP contribution in [-0.2, 0) is 5.41 Å². The van der Waals surface area contributed by atoms with Crippen molar-refractivity contribution in [2.24, 2.45) is 0 Å². The fourth-order valence-electron chi connectivity index (χ4n) is 7.45. The van der Waals surface area contributed by atoms with Crippen molar-refractivity contribution in [3.05, 3.63) is 198 Å². The molecule has 9 rings (SSSR count). The van der Waals surface area contributed by atoms with E-state index in [0.717, 1.165) is 39.0 Å². The fourth-order valence-corrected chi connectivity index (χ4v) is 7.45. The molecule has 0 N–H and O–H groups in total. The van der Waals surface area contributed by atoms with Gasteiger partial charge >= 0.3 is 0 Å². The number of nitrogens with zero attached hydrogens (tertiary/aromatic N) is 1. The largest absolute Gasteiger partial charge is 0.456 e. The summed E-state index contributed by atoms with van der Waals surface area (Å²) in [5.74, 6) is 0. The predicted molar refractivity (Wildman–Crippen MR) is 186 cm³/mol. The van der Waals surface area contributed by atoms with Gasteiger partial charge in [0.2, 0.25) is 0 Å². The Hall–Kier alpha value is -5.86. The zero-order valence-electron chi connectivity index (χ0n) is 24.6. The monoisotopic (exact) mass is 575 g/mol. The van der Waals surface area contributed by atoms with Crippen molar-refractivity contribution in [3.8, 4) is 11.1 Å². The van der Waals surface area contributed by atoms with Gasteiger partial charge in [-0.3, -0.25) is 0 Å². The maximum atomic E-state index is 6.48. The minimum Gasteiger partial charge on any atom is -0.456 e. The first-order valence-electron chi connectivity index (χ1n) is 15.4. The Morgan fingerprint density at radius 2 is 0.867 bits per heavy atom. The zero-order valence-corrected chi connectivity index (χ0v) is 24.6. The summed E-state index contributed by atoms with van der Waals surface area (Å²) < 4.78 is 6.48. The number of para-hydroxylation sites is 2.